The monoisotopic (exact) mass is 539 g/mol. The quantitative estimate of drug-likeness (QED) is 0.472. The van der Waals surface area contributed by atoms with Crippen LogP contribution in [0.15, 0.2) is 60.7 Å². The number of likely N-dealkylation sites (N-methyl/N-ethyl adjacent to an activating group) is 1. The zero-order chi connectivity index (χ0) is 27.6. The molecule has 3 aromatic rings. The van der Waals surface area contributed by atoms with Crippen LogP contribution in [0.5, 0.6) is 11.5 Å². The second kappa shape index (κ2) is 11.2. The minimum Gasteiger partial charge on any atom is -0.482 e. The summed E-state index contributed by atoms with van der Waals surface area (Å²) in [6.45, 7) is -0.702. The van der Waals surface area contributed by atoms with E-state index < -0.39 is 30.2 Å². The number of anilines is 1. The summed E-state index contributed by atoms with van der Waals surface area (Å²) in [5.41, 5.74) is -0.152. The molecule has 1 saturated heterocycles. The molecule has 2 N–H and O–H groups in total. The third-order valence-corrected chi connectivity index (χ3v) is 7.49. The first-order valence-corrected chi connectivity index (χ1v) is 12.9. The molecule has 2 heterocycles. The third kappa shape index (κ3) is 5.26. The Morgan fingerprint density at radius 3 is 2.56 bits per heavy atom. The van der Waals surface area contributed by atoms with Crippen molar-refractivity contribution in [1.29, 1.82) is 0 Å². The van der Waals surface area contributed by atoms with E-state index in [1.54, 1.807) is 50.4 Å². The van der Waals surface area contributed by atoms with Gasteiger partial charge in [0.05, 0.1) is 31.5 Å². The maximum absolute atomic E-state index is 14.5. The Kier molecular flexibility index (Phi) is 7.67. The van der Waals surface area contributed by atoms with Crippen LogP contribution in [0.2, 0.25) is 0 Å². The number of amides is 2. The lowest BCUT2D eigenvalue weighted by Crippen LogP contribution is -2.65. The second-order valence-corrected chi connectivity index (χ2v) is 9.77. The number of nitrogens with zero attached hydrogens (tertiary/aromatic N) is 1. The molecular weight excluding hydrogens is 508 g/mol. The van der Waals surface area contributed by atoms with Gasteiger partial charge in [-0.1, -0.05) is 42.5 Å². The molecule has 10 heteroatoms. The predicted molar refractivity (Wildman–Crippen MR) is 142 cm³/mol. The van der Waals surface area contributed by atoms with Gasteiger partial charge in [0.1, 0.15) is 23.1 Å². The highest BCUT2D eigenvalue weighted by Gasteiger charge is 2.51. The lowest BCUT2D eigenvalue weighted by molar-refractivity contribution is -0.138. The molecule has 1 spiro atoms. The summed E-state index contributed by atoms with van der Waals surface area (Å²) in [6, 6.07) is 16.0. The molecule has 2 aliphatic rings. The summed E-state index contributed by atoms with van der Waals surface area (Å²) < 4.78 is 43.9. The lowest BCUT2D eigenvalue weighted by Gasteiger charge is -2.41. The van der Waals surface area contributed by atoms with Crippen LogP contribution in [-0.4, -0.2) is 56.4 Å². The van der Waals surface area contributed by atoms with E-state index in [0.717, 1.165) is 5.39 Å². The van der Waals surface area contributed by atoms with Crippen molar-refractivity contribution in [2.75, 3.05) is 25.2 Å². The van der Waals surface area contributed by atoms with Crippen molar-refractivity contribution in [3.05, 3.63) is 66.2 Å². The standard InChI is InChI=1S/C29H31F2N3O5/c1-18(32-2)26(35)33-25-27(36)34(22-9-5-6-10-24(22)39-29(25)13-15-37-16-14-29)17-21-20-8-4-3-7-19(20)11-12-23(21)38-28(30)31/h3-12,18,25,28,32H,13-17H2,1-2H3,(H,33,35). The zero-order valence-electron chi connectivity index (χ0n) is 21.8. The number of hydrogen-bond acceptors (Lipinski definition) is 6. The highest BCUT2D eigenvalue weighted by molar-refractivity contribution is 6.03. The average molecular weight is 540 g/mol. The van der Waals surface area contributed by atoms with E-state index in [4.69, 9.17) is 14.2 Å². The van der Waals surface area contributed by atoms with Gasteiger partial charge in [-0.3, -0.25) is 9.59 Å². The second-order valence-electron chi connectivity index (χ2n) is 9.77. The summed E-state index contributed by atoms with van der Waals surface area (Å²) >= 11 is 0. The number of hydrogen-bond donors (Lipinski definition) is 2. The molecule has 3 aromatic carbocycles. The van der Waals surface area contributed by atoms with Crippen LogP contribution >= 0.6 is 0 Å². The maximum atomic E-state index is 14.5. The number of carbonyl (C=O) groups is 2. The smallest absolute Gasteiger partial charge is 0.387 e. The predicted octanol–water partition coefficient (Wildman–Crippen LogP) is 4.01. The van der Waals surface area contributed by atoms with Crippen LogP contribution in [0.1, 0.15) is 25.3 Å². The van der Waals surface area contributed by atoms with Gasteiger partial charge in [0.2, 0.25) is 5.91 Å². The normalized spacial score (nSPS) is 19.4. The van der Waals surface area contributed by atoms with Crippen LogP contribution in [0, 0.1) is 0 Å². The largest absolute Gasteiger partial charge is 0.482 e. The lowest BCUT2D eigenvalue weighted by atomic mass is 9.84. The van der Waals surface area contributed by atoms with E-state index in [9.17, 15) is 18.4 Å². The van der Waals surface area contributed by atoms with E-state index >= 15 is 0 Å². The molecule has 2 atom stereocenters. The topological polar surface area (TPSA) is 89.1 Å². The summed E-state index contributed by atoms with van der Waals surface area (Å²) in [5.74, 6) is -0.329. The minimum absolute atomic E-state index is 0.0238. The number of carbonyl (C=O) groups excluding carboxylic acids is 2. The summed E-state index contributed by atoms with van der Waals surface area (Å²) in [4.78, 5) is 29.1. The van der Waals surface area contributed by atoms with Crippen LogP contribution in [0.3, 0.4) is 0 Å². The first kappa shape index (κ1) is 26.8. The maximum Gasteiger partial charge on any atom is 0.387 e. The van der Waals surface area contributed by atoms with Gasteiger partial charge in [0, 0.05) is 18.4 Å². The van der Waals surface area contributed by atoms with Crippen molar-refractivity contribution in [2.45, 2.75) is 50.6 Å². The first-order chi connectivity index (χ1) is 18.8. The van der Waals surface area contributed by atoms with Gasteiger partial charge in [-0.2, -0.15) is 8.78 Å². The van der Waals surface area contributed by atoms with Crippen molar-refractivity contribution < 1.29 is 32.6 Å². The Balaban J connectivity index is 1.64. The van der Waals surface area contributed by atoms with Crippen molar-refractivity contribution in [3.8, 4) is 11.5 Å². The van der Waals surface area contributed by atoms with Gasteiger partial charge < -0.3 is 29.7 Å². The molecule has 0 bridgehead atoms. The SMILES string of the molecule is CNC(C)C(=O)NC1C(=O)N(Cc2c(OC(F)F)ccc3ccccc23)c2ccccc2OC12CCOCC2. The van der Waals surface area contributed by atoms with Gasteiger partial charge in [-0.05, 0) is 42.9 Å². The van der Waals surface area contributed by atoms with E-state index in [2.05, 4.69) is 10.6 Å². The zero-order valence-corrected chi connectivity index (χ0v) is 21.8. The Hall–Kier alpha value is -3.76. The molecule has 2 aliphatic heterocycles. The third-order valence-electron chi connectivity index (χ3n) is 7.49. The minimum atomic E-state index is -3.04. The van der Waals surface area contributed by atoms with Gasteiger partial charge in [-0.25, -0.2) is 0 Å². The van der Waals surface area contributed by atoms with Gasteiger partial charge in [0.25, 0.3) is 5.91 Å². The molecule has 0 aromatic heterocycles. The Labute approximate surface area is 225 Å². The number of benzene rings is 3. The fourth-order valence-corrected chi connectivity index (χ4v) is 5.25. The average Bonchev–Trinajstić information content (AvgIpc) is 3.03. The Morgan fingerprint density at radius 2 is 1.82 bits per heavy atom. The fourth-order valence-electron chi connectivity index (χ4n) is 5.25. The van der Waals surface area contributed by atoms with Crippen LogP contribution in [0.25, 0.3) is 10.8 Å². The number of fused-ring (bicyclic) bond motifs is 2. The molecule has 39 heavy (non-hydrogen) atoms. The fraction of sp³-hybridized carbons (Fsp3) is 0.379. The van der Waals surface area contributed by atoms with Gasteiger partial charge in [0.15, 0.2) is 0 Å². The van der Waals surface area contributed by atoms with Crippen LogP contribution in [0.4, 0.5) is 14.5 Å². The molecular formula is C29H31F2N3O5. The molecule has 8 nitrogen and oxygen atoms in total. The molecule has 2 unspecified atom stereocenters. The van der Waals surface area contributed by atoms with Crippen LogP contribution < -0.4 is 25.0 Å². The van der Waals surface area contributed by atoms with E-state index in [0.29, 0.717) is 48.4 Å². The van der Waals surface area contributed by atoms with Crippen molar-refractivity contribution in [3.63, 3.8) is 0 Å². The Morgan fingerprint density at radius 1 is 1.10 bits per heavy atom. The van der Waals surface area contributed by atoms with E-state index in [-0.39, 0.29) is 18.2 Å². The van der Waals surface area contributed by atoms with Crippen molar-refractivity contribution in [2.24, 2.45) is 0 Å². The van der Waals surface area contributed by atoms with Crippen molar-refractivity contribution in [1.82, 2.24) is 10.6 Å². The Bertz CT molecular complexity index is 1360. The highest BCUT2D eigenvalue weighted by atomic mass is 19.3. The highest BCUT2D eigenvalue weighted by Crippen LogP contribution is 2.42. The molecule has 5 rings (SSSR count). The molecule has 0 radical (unpaired) electrons. The first-order valence-electron chi connectivity index (χ1n) is 12.9. The molecule has 0 saturated carbocycles. The number of rotatable bonds is 7. The summed E-state index contributed by atoms with van der Waals surface area (Å²) in [7, 11) is 1.66. The number of nitrogens with one attached hydrogen (secondary N) is 2. The molecule has 0 aliphatic carbocycles. The summed E-state index contributed by atoms with van der Waals surface area (Å²) in [5, 5.41) is 7.32. The van der Waals surface area contributed by atoms with Gasteiger partial charge >= 0.3 is 6.61 Å². The number of halogens is 2. The van der Waals surface area contributed by atoms with Crippen molar-refractivity contribution >= 4 is 28.3 Å². The molecule has 206 valence electrons. The summed E-state index contributed by atoms with van der Waals surface area (Å²) in [6.07, 6.45) is 0.765. The number of para-hydroxylation sites is 2. The number of alkyl halides is 2. The molecule has 1 fully saturated rings. The molecule has 2 amide bonds. The van der Waals surface area contributed by atoms with E-state index in [1.807, 2.05) is 18.2 Å². The number of ether oxygens (including phenoxy) is 3. The van der Waals surface area contributed by atoms with E-state index in [1.165, 1.54) is 11.0 Å². The van der Waals surface area contributed by atoms with Crippen LogP contribution in [-0.2, 0) is 20.9 Å². The van der Waals surface area contributed by atoms with Gasteiger partial charge in [-0.15, -0.1) is 0 Å².